The molecule has 0 saturated heterocycles. The van der Waals surface area contributed by atoms with Gasteiger partial charge in [0.1, 0.15) is 0 Å². The van der Waals surface area contributed by atoms with E-state index in [2.05, 4.69) is 26.1 Å². The molecule has 0 bridgehead atoms. The Labute approximate surface area is 87.8 Å². The van der Waals surface area contributed by atoms with Crippen LogP contribution in [0.2, 0.25) is 0 Å². The summed E-state index contributed by atoms with van der Waals surface area (Å²) in [5.74, 6) is 0.747. The fraction of sp³-hybridized carbons (Fsp3) is 1.00. The quantitative estimate of drug-likeness (QED) is 0.626. The zero-order valence-electron chi connectivity index (χ0n) is 9.92. The van der Waals surface area contributed by atoms with Gasteiger partial charge in [-0.15, -0.1) is 0 Å². The summed E-state index contributed by atoms with van der Waals surface area (Å²) in [7, 11) is 1.60. The van der Waals surface area contributed by atoms with E-state index in [0.717, 1.165) is 12.3 Å². The average Bonchev–Trinajstić information content (AvgIpc) is 2.15. The molecule has 3 nitrogen and oxygen atoms in total. The van der Waals surface area contributed by atoms with Gasteiger partial charge >= 0.3 is 0 Å². The minimum Gasteiger partial charge on any atom is -0.389 e. The molecule has 3 atom stereocenters. The number of hydrogen-bond acceptors (Lipinski definition) is 3. The largest absolute Gasteiger partial charge is 0.389 e. The molecule has 0 aliphatic heterocycles. The summed E-state index contributed by atoms with van der Waals surface area (Å²) in [5.41, 5.74) is 0. The Morgan fingerprint density at radius 3 is 2.50 bits per heavy atom. The Morgan fingerprint density at radius 1 is 1.36 bits per heavy atom. The van der Waals surface area contributed by atoms with Gasteiger partial charge in [0.15, 0.2) is 0 Å². The maximum Gasteiger partial charge on any atom is 0.0897 e. The lowest BCUT2D eigenvalue weighted by Crippen LogP contribution is -2.36. The molecule has 0 aromatic rings. The monoisotopic (exact) mass is 203 g/mol. The van der Waals surface area contributed by atoms with Crippen molar-refractivity contribution in [3.05, 3.63) is 0 Å². The van der Waals surface area contributed by atoms with Crippen LogP contribution in [0.1, 0.15) is 33.6 Å². The third kappa shape index (κ3) is 7.30. The van der Waals surface area contributed by atoms with E-state index in [9.17, 15) is 5.11 Å². The molecule has 3 heteroatoms. The highest BCUT2D eigenvalue weighted by molar-refractivity contribution is 4.67. The van der Waals surface area contributed by atoms with Crippen LogP contribution in [0.15, 0.2) is 0 Å². The SMILES string of the molecule is CCC(C)CC(C)NCC(O)COC. The molecule has 86 valence electrons. The second-order valence-corrected chi connectivity index (χ2v) is 4.17. The van der Waals surface area contributed by atoms with Crippen LogP contribution < -0.4 is 5.32 Å². The standard InChI is InChI=1S/C11H25NO2/c1-5-9(2)6-10(3)12-7-11(13)8-14-4/h9-13H,5-8H2,1-4H3. The highest BCUT2D eigenvalue weighted by Gasteiger charge is 2.09. The van der Waals surface area contributed by atoms with E-state index in [1.165, 1.54) is 6.42 Å². The Bertz CT molecular complexity index is 130. The summed E-state index contributed by atoms with van der Waals surface area (Å²) >= 11 is 0. The van der Waals surface area contributed by atoms with Crippen molar-refractivity contribution >= 4 is 0 Å². The number of nitrogens with one attached hydrogen (secondary N) is 1. The first-order valence-electron chi connectivity index (χ1n) is 5.50. The smallest absolute Gasteiger partial charge is 0.0897 e. The number of aliphatic hydroxyl groups excluding tert-OH is 1. The summed E-state index contributed by atoms with van der Waals surface area (Å²) in [5, 5.41) is 12.7. The van der Waals surface area contributed by atoms with E-state index in [1.54, 1.807) is 7.11 Å². The van der Waals surface area contributed by atoms with Crippen LogP contribution in [0.25, 0.3) is 0 Å². The molecule has 14 heavy (non-hydrogen) atoms. The predicted molar refractivity (Wildman–Crippen MR) is 59.4 cm³/mol. The summed E-state index contributed by atoms with van der Waals surface area (Å²) in [6.45, 7) is 7.64. The van der Waals surface area contributed by atoms with Gasteiger partial charge in [0.2, 0.25) is 0 Å². The van der Waals surface area contributed by atoms with E-state index in [4.69, 9.17) is 4.74 Å². The van der Waals surface area contributed by atoms with Gasteiger partial charge in [0.05, 0.1) is 12.7 Å². The molecule has 0 radical (unpaired) electrons. The Kier molecular flexibility index (Phi) is 8.14. The lowest BCUT2D eigenvalue weighted by Gasteiger charge is -2.19. The number of rotatable bonds is 8. The van der Waals surface area contributed by atoms with Crippen LogP contribution in [0.4, 0.5) is 0 Å². The predicted octanol–water partition coefficient (Wildman–Crippen LogP) is 1.41. The topological polar surface area (TPSA) is 41.5 Å². The first-order chi connectivity index (χ1) is 6.60. The van der Waals surface area contributed by atoms with Crippen LogP contribution >= 0.6 is 0 Å². The average molecular weight is 203 g/mol. The van der Waals surface area contributed by atoms with Gasteiger partial charge in [0.25, 0.3) is 0 Å². The third-order valence-electron chi connectivity index (χ3n) is 2.51. The first-order valence-corrected chi connectivity index (χ1v) is 5.50. The lowest BCUT2D eigenvalue weighted by atomic mass is 10.0. The summed E-state index contributed by atoms with van der Waals surface area (Å²) in [6.07, 6.45) is 1.99. The molecule has 0 saturated carbocycles. The second-order valence-electron chi connectivity index (χ2n) is 4.17. The van der Waals surface area contributed by atoms with Crippen LogP contribution in [0, 0.1) is 5.92 Å². The zero-order valence-corrected chi connectivity index (χ0v) is 9.92. The van der Waals surface area contributed by atoms with Gasteiger partial charge in [-0.1, -0.05) is 20.3 Å². The third-order valence-corrected chi connectivity index (χ3v) is 2.51. The molecule has 0 spiro atoms. The Balaban J connectivity index is 3.47. The summed E-state index contributed by atoms with van der Waals surface area (Å²) in [4.78, 5) is 0. The van der Waals surface area contributed by atoms with Gasteiger partial charge in [-0.05, 0) is 19.3 Å². The van der Waals surface area contributed by atoms with E-state index < -0.39 is 0 Å². The molecule has 0 heterocycles. The zero-order chi connectivity index (χ0) is 11.0. The van der Waals surface area contributed by atoms with Crippen molar-refractivity contribution < 1.29 is 9.84 Å². The van der Waals surface area contributed by atoms with Gasteiger partial charge in [-0.3, -0.25) is 0 Å². The van der Waals surface area contributed by atoms with E-state index in [0.29, 0.717) is 19.2 Å². The van der Waals surface area contributed by atoms with Crippen molar-refractivity contribution in [1.29, 1.82) is 0 Å². The highest BCUT2D eigenvalue weighted by Crippen LogP contribution is 2.09. The molecule has 0 aromatic carbocycles. The highest BCUT2D eigenvalue weighted by atomic mass is 16.5. The molecule has 3 unspecified atom stereocenters. The van der Waals surface area contributed by atoms with Gasteiger partial charge in [-0.25, -0.2) is 0 Å². The molecule has 2 N–H and O–H groups in total. The fourth-order valence-corrected chi connectivity index (χ4v) is 1.44. The molecule has 0 aliphatic rings. The van der Waals surface area contributed by atoms with E-state index in [1.807, 2.05) is 0 Å². The summed E-state index contributed by atoms with van der Waals surface area (Å²) in [6, 6.07) is 0.469. The van der Waals surface area contributed by atoms with Crippen LogP contribution in [0.3, 0.4) is 0 Å². The Morgan fingerprint density at radius 2 is 2.00 bits per heavy atom. The lowest BCUT2D eigenvalue weighted by molar-refractivity contribution is 0.0625. The fourth-order valence-electron chi connectivity index (χ4n) is 1.44. The molecule has 0 aliphatic carbocycles. The van der Waals surface area contributed by atoms with Crippen molar-refractivity contribution in [2.75, 3.05) is 20.3 Å². The van der Waals surface area contributed by atoms with Crippen molar-refractivity contribution in [3.8, 4) is 0 Å². The van der Waals surface area contributed by atoms with E-state index >= 15 is 0 Å². The van der Waals surface area contributed by atoms with Gasteiger partial charge in [0, 0.05) is 19.7 Å². The normalized spacial score (nSPS) is 17.8. The molecule has 0 aromatic heterocycles. The molecular formula is C11H25NO2. The Hall–Kier alpha value is -0.120. The second kappa shape index (κ2) is 8.21. The molecule has 0 rings (SSSR count). The number of aliphatic hydroxyl groups is 1. The van der Waals surface area contributed by atoms with Crippen LogP contribution in [-0.2, 0) is 4.74 Å². The first kappa shape index (κ1) is 13.9. The number of hydrogen-bond donors (Lipinski definition) is 2. The number of ether oxygens (including phenoxy) is 1. The van der Waals surface area contributed by atoms with Crippen LogP contribution in [0.5, 0.6) is 0 Å². The molecule has 0 amide bonds. The maximum atomic E-state index is 9.40. The van der Waals surface area contributed by atoms with Crippen LogP contribution in [-0.4, -0.2) is 37.5 Å². The van der Waals surface area contributed by atoms with Crippen molar-refractivity contribution in [2.24, 2.45) is 5.92 Å². The minimum atomic E-state index is -0.389. The van der Waals surface area contributed by atoms with Gasteiger partial charge < -0.3 is 15.2 Å². The maximum absolute atomic E-state index is 9.40. The van der Waals surface area contributed by atoms with Crippen molar-refractivity contribution in [3.63, 3.8) is 0 Å². The van der Waals surface area contributed by atoms with Crippen molar-refractivity contribution in [1.82, 2.24) is 5.32 Å². The van der Waals surface area contributed by atoms with Gasteiger partial charge in [-0.2, -0.15) is 0 Å². The molecular weight excluding hydrogens is 178 g/mol. The molecule has 0 fully saturated rings. The minimum absolute atomic E-state index is 0.389. The number of methoxy groups -OCH3 is 1. The van der Waals surface area contributed by atoms with E-state index in [-0.39, 0.29) is 6.10 Å². The van der Waals surface area contributed by atoms with Crippen molar-refractivity contribution in [2.45, 2.75) is 45.8 Å². The summed E-state index contributed by atoms with van der Waals surface area (Å²) < 4.78 is 4.85.